The summed E-state index contributed by atoms with van der Waals surface area (Å²) < 4.78 is 32.2. The summed E-state index contributed by atoms with van der Waals surface area (Å²) in [4.78, 5) is 29.1. The molecular formula is C29H33Cl2N3O5S. The maximum absolute atomic E-state index is 14.1. The van der Waals surface area contributed by atoms with Crippen LogP contribution in [-0.2, 0) is 32.6 Å². The lowest BCUT2D eigenvalue weighted by Crippen LogP contribution is -2.54. The van der Waals surface area contributed by atoms with Crippen molar-refractivity contribution in [2.75, 3.05) is 24.2 Å². The van der Waals surface area contributed by atoms with E-state index in [1.165, 1.54) is 24.1 Å². The van der Waals surface area contributed by atoms with E-state index in [0.717, 1.165) is 16.1 Å². The minimum absolute atomic E-state index is 0.0205. The summed E-state index contributed by atoms with van der Waals surface area (Å²) in [6.45, 7) is 3.10. The summed E-state index contributed by atoms with van der Waals surface area (Å²) in [6, 6.07) is 19.7. The van der Waals surface area contributed by atoms with E-state index >= 15 is 0 Å². The molecule has 0 spiro atoms. The number of nitrogens with one attached hydrogen (secondary N) is 1. The van der Waals surface area contributed by atoms with Crippen LogP contribution in [0.3, 0.4) is 0 Å². The smallest absolute Gasteiger partial charge is 0.244 e. The van der Waals surface area contributed by atoms with Crippen molar-refractivity contribution in [1.82, 2.24) is 10.2 Å². The van der Waals surface area contributed by atoms with Crippen LogP contribution in [0.4, 0.5) is 5.69 Å². The Morgan fingerprint density at radius 1 is 0.925 bits per heavy atom. The zero-order valence-corrected chi connectivity index (χ0v) is 25.1. The van der Waals surface area contributed by atoms with Gasteiger partial charge < -0.3 is 15.0 Å². The van der Waals surface area contributed by atoms with Gasteiger partial charge in [0.1, 0.15) is 18.3 Å². The minimum Gasteiger partial charge on any atom is -0.495 e. The molecule has 3 aromatic rings. The van der Waals surface area contributed by atoms with Gasteiger partial charge in [0.15, 0.2) is 0 Å². The molecule has 1 N–H and O–H groups in total. The van der Waals surface area contributed by atoms with Crippen LogP contribution >= 0.6 is 23.2 Å². The molecule has 11 heteroatoms. The summed E-state index contributed by atoms with van der Waals surface area (Å²) in [6.07, 6.45) is 1.21. The monoisotopic (exact) mass is 605 g/mol. The van der Waals surface area contributed by atoms with Gasteiger partial charge in [-0.05, 0) is 55.3 Å². The molecular weight excluding hydrogens is 573 g/mol. The number of carbonyl (C=O) groups excluding carboxylic acids is 2. The Bertz CT molecular complexity index is 1430. The van der Waals surface area contributed by atoms with Gasteiger partial charge in [-0.15, -0.1) is 0 Å². The van der Waals surface area contributed by atoms with Gasteiger partial charge in [0.2, 0.25) is 21.8 Å². The van der Waals surface area contributed by atoms with Gasteiger partial charge in [0, 0.05) is 29.1 Å². The third-order valence-electron chi connectivity index (χ3n) is 6.03. The highest BCUT2D eigenvalue weighted by Gasteiger charge is 2.34. The molecule has 0 aliphatic heterocycles. The number of nitrogens with zero attached hydrogens (tertiary/aromatic N) is 2. The van der Waals surface area contributed by atoms with Crippen molar-refractivity contribution in [2.24, 2.45) is 0 Å². The van der Waals surface area contributed by atoms with Crippen LogP contribution in [0, 0.1) is 0 Å². The number of amides is 2. The van der Waals surface area contributed by atoms with Crippen LogP contribution in [0.25, 0.3) is 0 Å². The number of rotatable bonds is 12. The number of anilines is 1. The van der Waals surface area contributed by atoms with Gasteiger partial charge >= 0.3 is 0 Å². The van der Waals surface area contributed by atoms with Gasteiger partial charge in [0.25, 0.3) is 0 Å². The predicted octanol–water partition coefficient (Wildman–Crippen LogP) is 4.93. The lowest BCUT2D eigenvalue weighted by Gasteiger charge is -2.34. The van der Waals surface area contributed by atoms with E-state index in [4.69, 9.17) is 27.9 Å². The first-order valence-corrected chi connectivity index (χ1v) is 15.2. The first-order chi connectivity index (χ1) is 18.9. The van der Waals surface area contributed by atoms with E-state index in [2.05, 4.69) is 5.32 Å². The zero-order chi connectivity index (χ0) is 29.4. The Hall–Kier alpha value is -3.27. The number of halogens is 2. The van der Waals surface area contributed by atoms with E-state index < -0.39 is 28.5 Å². The molecule has 3 rings (SSSR count). The number of hydrogen-bond acceptors (Lipinski definition) is 5. The van der Waals surface area contributed by atoms with Crippen molar-refractivity contribution in [3.8, 4) is 5.75 Å². The van der Waals surface area contributed by atoms with Gasteiger partial charge in [0.05, 0.1) is 19.1 Å². The normalized spacial score (nSPS) is 12.1. The molecule has 3 aromatic carbocycles. The number of benzene rings is 3. The van der Waals surface area contributed by atoms with Crippen LogP contribution in [0.15, 0.2) is 72.8 Å². The molecule has 1 unspecified atom stereocenters. The van der Waals surface area contributed by atoms with Crippen molar-refractivity contribution in [3.05, 3.63) is 94.0 Å². The van der Waals surface area contributed by atoms with Crippen LogP contribution in [-0.4, -0.2) is 57.1 Å². The van der Waals surface area contributed by atoms with Crippen LogP contribution in [0.5, 0.6) is 5.75 Å². The third kappa shape index (κ3) is 8.61. The van der Waals surface area contributed by atoms with Gasteiger partial charge in [-0.3, -0.25) is 13.9 Å². The molecule has 0 aromatic heterocycles. The summed E-state index contributed by atoms with van der Waals surface area (Å²) >= 11 is 12.4. The first-order valence-electron chi connectivity index (χ1n) is 12.6. The number of hydrogen-bond donors (Lipinski definition) is 1. The van der Waals surface area contributed by atoms with Crippen LogP contribution in [0.2, 0.25) is 10.0 Å². The van der Waals surface area contributed by atoms with Gasteiger partial charge in [-0.25, -0.2) is 8.42 Å². The van der Waals surface area contributed by atoms with E-state index in [9.17, 15) is 18.0 Å². The highest BCUT2D eigenvalue weighted by Crippen LogP contribution is 2.33. The fraction of sp³-hybridized carbons (Fsp3) is 0.310. The summed E-state index contributed by atoms with van der Waals surface area (Å²) in [5.74, 6) is -0.727. The third-order valence-corrected chi connectivity index (χ3v) is 7.63. The van der Waals surface area contributed by atoms with Gasteiger partial charge in [-0.1, -0.05) is 65.7 Å². The second-order valence-corrected chi connectivity index (χ2v) is 12.4. The fourth-order valence-corrected chi connectivity index (χ4v) is 5.44. The molecule has 2 amide bonds. The summed E-state index contributed by atoms with van der Waals surface area (Å²) in [7, 11) is -2.58. The van der Waals surface area contributed by atoms with E-state index in [-0.39, 0.29) is 41.4 Å². The van der Waals surface area contributed by atoms with Crippen molar-refractivity contribution in [1.29, 1.82) is 0 Å². The molecule has 214 valence electrons. The Morgan fingerprint density at radius 2 is 1.57 bits per heavy atom. The maximum atomic E-state index is 14.1. The van der Waals surface area contributed by atoms with Crippen molar-refractivity contribution in [2.45, 2.75) is 38.9 Å². The molecule has 0 aliphatic rings. The topological polar surface area (TPSA) is 96.0 Å². The zero-order valence-electron chi connectivity index (χ0n) is 22.8. The SMILES string of the molecule is COc1ccc(Cl)cc1N(CC(=O)N(Cc1cccc(Cl)c1)C(Cc1ccccc1)C(=O)NC(C)C)S(C)(=O)=O. The summed E-state index contributed by atoms with van der Waals surface area (Å²) in [5, 5.41) is 3.65. The number of sulfonamides is 1. The molecule has 0 radical (unpaired) electrons. The quantitative estimate of drug-likeness (QED) is 0.316. The fourth-order valence-electron chi connectivity index (χ4n) is 4.22. The molecule has 1 atom stereocenters. The highest BCUT2D eigenvalue weighted by atomic mass is 35.5. The van der Waals surface area contributed by atoms with Crippen LogP contribution < -0.4 is 14.4 Å². The molecule has 0 fully saturated rings. The minimum atomic E-state index is -3.97. The lowest BCUT2D eigenvalue weighted by atomic mass is 10.0. The average molecular weight is 607 g/mol. The molecule has 40 heavy (non-hydrogen) atoms. The first kappa shape index (κ1) is 31.3. The molecule has 0 saturated carbocycles. The Kier molecular flexibility index (Phi) is 10.8. The molecule has 0 aliphatic carbocycles. The molecule has 0 bridgehead atoms. The molecule has 0 saturated heterocycles. The largest absolute Gasteiger partial charge is 0.495 e. The maximum Gasteiger partial charge on any atom is 0.244 e. The number of methoxy groups -OCH3 is 1. The predicted molar refractivity (Wildman–Crippen MR) is 159 cm³/mol. The number of carbonyl (C=O) groups is 2. The van der Waals surface area contributed by atoms with E-state index in [1.807, 2.05) is 44.2 Å². The van der Waals surface area contributed by atoms with E-state index in [1.54, 1.807) is 30.3 Å². The standard InChI is InChI=1S/C29H33Cl2N3O5S/c1-20(2)32-29(36)26(16-21-9-6-5-7-10-21)33(18-22-11-8-12-23(30)15-22)28(35)19-34(40(4,37)38)25-17-24(31)13-14-27(25)39-3/h5-15,17,20,26H,16,18-19H2,1-4H3,(H,32,36). The molecule has 8 nitrogen and oxygen atoms in total. The van der Waals surface area contributed by atoms with Crippen LogP contribution in [0.1, 0.15) is 25.0 Å². The van der Waals surface area contributed by atoms with Crippen molar-refractivity contribution < 1.29 is 22.7 Å². The summed E-state index contributed by atoms with van der Waals surface area (Å²) in [5.41, 5.74) is 1.63. The second kappa shape index (κ2) is 13.9. The number of ether oxygens (including phenoxy) is 1. The highest BCUT2D eigenvalue weighted by molar-refractivity contribution is 7.92. The Balaban J connectivity index is 2.10. The van der Waals surface area contributed by atoms with Crippen molar-refractivity contribution in [3.63, 3.8) is 0 Å². The Morgan fingerprint density at radius 3 is 2.17 bits per heavy atom. The second-order valence-electron chi connectivity index (χ2n) is 9.61. The molecule has 0 heterocycles. The van der Waals surface area contributed by atoms with Crippen molar-refractivity contribution >= 4 is 50.7 Å². The van der Waals surface area contributed by atoms with Gasteiger partial charge in [-0.2, -0.15) is 0 Å². The lowest BCUT2D eigenvalue weighted by molar-refractivity contribution is -0.140. The Labute approximate surface area is 245 Å². The average Bonchev–Trinajstić information content (AvgIpc) is 2.88. The van der Waals surface area contributed by atoms with E-state index in [0.29, 0.717) is 10.6 Å².